The normalized spacial score (nSPS) is 16.1. The molecule has 0 unspecified atom stereocenters. The van der Waals surface area contributed by atoms with Crippen molar-refractivity contribution in [3.8, 4) is 0 Å². The lowest BCUT2D eigenvalue weighted by molar-refractivity contribution is -0.138. The first kappa shape index (κ1) is 23.2. The first-order valence-corrected chi connectivity index (χ1v) is 10.9. The fraction of sp³-hybridized carbons (Fsp3) is 0.652. The number of guanidine groups is 1. The Morgan fingerprint density at radius 1 is 1.07 bits per heavy atom. The molecule has 1 aliphatic rings. The van der Waals surface area contributed by atoms with Gasteiger partial charge in [0.1, 0.15) is 0 Å². The second kappa shape index (κ2) is 11.2. The summed E-state index contributed by atoms with van der Waals surface area (Å²) in [6.45, 7) is 8.79. The molecule has 6 nitrogen and oxygen atoms in total. The van der Waals surface area contributed by atoms with Crippen LogP contribution in [0.4, 0.5) is 0 Å². The summed E-state index contributed by atoms with van der Waals surface area (Å²) in [7, 11) is 5.48. The van der Waals surface area contributed by atoms with Gasteiger partial charge in [-0.05, 0) is 37.1 Å². The van der Waals surface area contributed by atoms with Gasteiger partial charge in [0.25, 0.3) is 0 Å². The van der Waals surface area contributed by atoms with Gasteiger partial charge in [-0.1, -0.05) is 51.0 Å². The molecule has 1 aromatic carbocycles. The summed E-state index contributed by atoms with van der Waals surface area (Å²) in [6.07, 6.45) is 4.12. The van der Waals surface area contributed by atoms with E-state index in [2.05, 4.69) is 58.6 Å². The number of rotatable bonds is 9. The Morgan fingerprint density at radius 2 is 1.69 bits per heavy atom. The lowest BCUT2D eigenvalue weighted by atomic mass is 9.84. The van der Waals surface area contributed by atoms with E-state index in [9.17, 15) is 4.79 Å². The Bertz CT molecular complexity index is 676. The smallest absolute Gasteiger partial charge is 0.230 e. The zero-order valence-electron chi connectivity index (χ0n) is 18.9. The maximum Gasteiger partial charge on any atom is 0.230 e. The van der Waals surface area contributed by atoms with Crippen LogP contribution in [0.2, 0.25) is 0 Å². The van der Waals surface area contributed by atoms with E-state index in [-0.39, 0.29) is 11.3 Å². The first-order valence-electron chi connectivity index (χ1n) is 10.9. The second-order valence-electron chi connectivity index (χ2n) is 8.20. The van der Waals surface area contributed by atoms with E-state index in [0.29, 0.717) is 13.1 Å². The minimum Gasteiger partial charge on any atom is -0.355 e. The van der Waals surface area contributed by atoms with E-state index in [0.717, 1.165) is 51.3 Å². The van der Waals surface area contributed by atoms with E-state index >= 15 is 0 Å². The Kier molecular flexibility index (Phi) is 8.96. The number of benzene rings is 1. The summed E-state index contributed by atoms with van der Waals surface area (Å²) < 4.78 is 0. The van der Waals surface area contributed by atoms with Crippen molar-refractivity contribution in [1.82, 2.24) is 20.4 Å². The van der Waals surface area contributed by atoms with Gasteiger partial charge in [-0.3, -0.25) is 14.7 Å². The predicted molar refractivity (Wildman–Crippen MR) is 121 cm³/mol. The lowest BCUT2D eigenvalue weighted by Gasteiger charge is -2.31. The zero-order valence-corrected chi connectivity index (χ0v) is 18.9. The molecule has 29 heavy (non-hydrogen) atoms. The van der Waals surface area contributed by atoms with E-state index < -0.39 is 0 Å². The molecule has 0 atom stereocenters. The van der Waals surface area contributed by atoms with Gasteiger partial charge in [0.05, 0.1) is 5.41 Å². The highest BCUT2D eigenvalue weighted by atomic mass is 16.2. The van der Waals surface area contributed by atoms with Crippen molar-refractivity contribution in [3.63, 3.8) is 0 Å². The molecule has 6 heteroatoms. The molecule has 0 aliphatic heterocycles. The van der Waals surface area contributed by atoms with Crippen LogP contribution in [0.1, 0.15) is 50.7 Å². The second-order valence-corrected chi connectivity index (χ2v) is 8.20. The Morgan fingerprint density at radius 3 is 2.24 bits per heavy atom. The molecule has 162 valence electrons. The molecule has 1 aromatic rings. The van der Waals surface area contributed by atoms with Crippen molar-refractivity contribution in [2.45, 2.75) is 52.6 Å². The third-order valence-corrected chi connectivity index (χ3v) is 6.09. The summed E-state index contributed by atoms with van der Waals surface area (Å²) in [5.74, 6) is 0.975. The third kappa shape index (κ3) is 6.20. The predicted octanol–water partition coefficient (Wildman–Crippen LogP) is 2.84. The summed E-state index contributed by atoms with van der Waals surface area (Å²) >= 11 is 0. The molecule has 1 fully saturated rings. The summed E-state index contributed by atoms with van der Waals surface area (Å²) in [4.78, 5) is 21.3. The van der Waals surface area contributed by atoms with Crippen LogP contribution < -0.4 is 10.6 Å². The zero-order chi connectivity index (χ0) is 21.3. The molecule has 0 bridgehead atoms. The average molecular weight is 402 g/mol. The van der Waals surface area contributed by atoms with Gasteiger partial charge in [0, 0.05) is 40.8 Å². The number of hydrogen-bond donors (Lipinski definition) is 2. The van der Waals surface area contributed by atoms with E-state index in [4.69, 9.17) is 0 Å². The minimum absolute atomic E-state index is 0.225. The van der Waals surface area contributed by atoms with Gasteiger partial charge in [0.2, 0.25) is 5.91 Å². The van der Waals surface area contributed by atoms with Crippen molar-refractivity contribution in [1.29, 1.82) is 0 Å². The monoisotopic (exact) mass is 401 g/mol. The van der Waals surface area contributed by atoms with Crippen LogP contribution in [0.25, 0.3) is 0 Å². The Labute approximate surface area is 176 Å². The van der Waals surface area contributed by atoms with Gasteiger partial charge >= 0.3 is 0 Å². The van der Waals surface area contributed by atoms with Gasteiger partial charge in [-0.25, -0.2) is 0 Å². The molecule has 2 rings (SSSR count). The molecular weight excluding hydrogens is 362 g/mol. The van der Waals surface area contributed by atoms with Crippen molar-refractivity contribution in [2.24, 2.45) is 10.4 Å². The third-order valence-electron chi connectivity index (χ3n) is 6.09. The summed E-state index contributed by atoms with van der Waals surface area (Å²) in [6, 6.07) is 8.57. The molecule has 2 N–H and O–H groups in total. The molecule has 0 saturated heterocycles. The number of nitrogens with zero attached hydrogens (tertiary/aromatic N) is 3. The van der Waals surface area contributed by atoms with Gasteiger partial charge in [-0.15, -0.1) is 0 Å². The SMILES string of the molecule is CCN(CC)Cc1ccccc1CNC(=NC)NCC1(C(=O)N(C)C)CCCC1. The molecule has 0 aromatic heterocycles. The van der Waals surface area contributed by atoms with E-state index in [1.54, 1.807) is 11.9 Å². The van der Waals surface area contributed by atoms with Gasteiger partial charge < -0.3 is 15.5 Å². The van der Waals surface area contributed by atoms with Crippen molar-refractivity contribution < 1.29 is 4.79 Å². The summed E-state index contributed by atoms with van der Waals surface area (Å²) in [5, 5.41) is 6.86. The van der Waals surface area contributed by atoms with Gasteiger partial charge in [-0.2, -0.15) is 0 Å². The van der Waals surface area contributed by atoms with Crippen molar-refractivity contribution in [3.05, 3.63) is 35.4 Å². The summed E-state index contributed by atoms with van der Waals surface area (Å²) in [5.41, 5.74) is 2.32. The maximum absolute atomic E-state index is 12.8. The molecule has 0 heterocycles. The standard InChI is InChI=1S/C23H39N5O/c1-6-28(7-2)17-20-13-9-8-12-19(20)16-25-22(24-3)26-18-23(14-10-11-15-23)21(29)27(4)5/h8-9,12-13H,6-7,10-11,14-18H2,1-5H3,(H2,24,25,26). The number of hydrogen-bond acceptors (Lipinski definition) is 3. The number of nitrogens with one attached hydrogen (secondary N) is 2. The maximum atomic E-state index is 12.8. The quantitative estimate of drug-likeness (QED) is 0.493. The highest BCUT2D eigenvalue weighted by Crippen LogP contribution is 2.38. The molecule has 0 radical (unpaired) electrons. The number of carbonyl (C=O) groups excluding carboxylic acids is 1. The number of amides is 1. The molecule has 1 aliphatic carbocycles. The minimum atomic E-state index is -0.304. The van der Waals surface area contributed by atoms with Crippen LogP contribution in [0.3, 0.4) is 0 Å². The molecular formula is C23H39N5O. The molecule has 1 saturated carbocycles. The topological polar surface area (TPSA) is 60.0 Å². The Balaban J connectivity index is 1.98. The largest absolute Gasteiger partial charge is 0.355 e. The number of carbonyl (C=O) groups is 1. The van der Waals surface area contributed by atoms with E-state index in [1.165, 1.54) is 11.1 Å². The van der Waals surface area contributed by atoms with Crippen LogP contribution in [-0.2, 0) is 17.9 Å². The van der Waals surface area contributed by atoms with Crippen molar-refractivity contribution in [2.75, 3.05) is 40.8 Å². The average Bonchev–Trinajstić information content (AvgIpc) is 3.22. The highest BCUT2D eigenvalue weighted by molar-refractivity contribution is 5.85. The fourth-order valence-electron chi connectivity index (χ4n) is 4.22. The fourth-order valence-corrected chi connectivity index (χ4v) is 4.22. The van der Waals surface area contributed by atoms with Crippen LogP contribution >= 0.6 is 0 Å². The Hall–Kier alpha value is -2.08. The van der Waals surface area contributed by atoms with Crippen LogP contribution in [0.15, 0.2) is 29.3 Å². The lowest BCUT2D eigenvalue weighted by Crippen LogP contribution is -2.49. The molecule has 1 amide bonds. The van der Waals surface area contributed by atoms with Crippen LogP contribution in [0.5, 0.6) is 0 Å². The van der Waals surface area contributed by atoms with Gasteiger partial charge in [0.15, 0.2) is 5.96 Å². The van der Waals surface area contributed by atoms with Crippen molar-refractivity contribution >= 4 is 11.9 Å². The number of aliphatic imine (C=N–C) groups is 1. The highest BCUT2D eigenvalue weighted by Gasteiger charge is 2.42. The van der Waals surface area contributed by atoms with Crippen LogP contribution in [0, 0.1) is 5.41 Å². The first-order chi connectivity index (χ1) is 14.0. The molecule has 0 spiro atoms. The van der Waals surface area contributed by atoms with Crippen LogP contribution in [-0.4, -0.2) is 62.4 Å². The van der Waals surface area contributed by atoms with E-state index in [1.807, 2.05) is 14.1 Å².